The molecule has 0 atom stereocenters. The van der Waals surface area contributed by atoms with Gasteiger partial charge in [0.05, 0.1) is 0 Å². The van der Waals surface area contributed by atoms with E-state index in [0.717, 1.165) is 17.7 Å². The van der Waals surface area contributed by atoms with E-state index in [4.69, 9.17) is 0 Å². The van der Waals surface area contributed by atoms with E-state index in [1.165, 1.54) is 17.3 Å². The Kier molecular flexibility index (Phi) is 5.00. The third-order valence-electron chi connectivity index (χ3n) is 1.82. The average Bonchev–Trinajstić information content (AvgIpc) is 2.20. The van der Waals surface area contributed by atoms with E-state index in [1.807, 2.05) is 24.3 Å². The summed E-state index contributed by atoms with van der Waals surface area (Å²) >= 11 is 1.33. The van der Waals surface area contributed by atoms with Gasteiger partial charge in [-0.2, -0.15) is 0 Å². The zero-order chi connectivity index (χ0) is 11.1. The molecule has 0 aromatic heterocycles. The SMILES string of the molecule is CC(=O)SCCC#Cc1ccc(C)cc1. The molecule has 0 aliphatic carbocycles. The quantitative estimate of drug-likeness (QED) is 0.560. The third kappa shape index (κ3) is 5.29. The number of aryl methyl sites for hydroxylation is 1. The fourth-order valence-electron chi connectivity index (χ4n) is 1.05. The van der Waals surface area contributed by atoms with Crippen LogP contribution in [0.5, 0.6) is 0 Å². The van der Waals surface area contributed by atoms with E-state index in [-0.39, 0.29) is 5.12 Å². The number of hydrogen-bond donors (Lipinski definition) is 0. The van der Waals surface area contributed by atoms with Gasteiger partial charge >= 0.3 is 0 Å². The second-order valence-corrected chi connectivity index (χ2v) is 4.53. The lowest BCUT2D eigenvalue weighted by Crippen LogP contribution is -1.84. The first kappa shape index (κ1) is 11.9. The molecule has 1 nitrogen and oxygen atoms in total. The number of rotatable bonds is 2. The van der Waals surface area contributed by atoms with E-state index in [0.29, 0.717) is 0 Å². The fourth-order valence-corrected chi connectivity index (χ4v) is 1.54. The molecule has 0 bridgehead atoms. The van der Waals surface area contributed by atoms with Gasteiger partial charge in [-0.1, -0.05) is 41.3 Å². The summed E-state index contributed by atoms with van der Waals surface area (Å²) in [5.41, 5.74) is 2.28. The van der Waals surface area contributed by atoms with Crippen LogP contribution in [0.25, 0.3) is 0 Å². The molecule has 15 heavy (non-hydrogen) atoms. The van der Waals surface area contributed by atoms with Crippen LogP contribution < -0.4 is 0 Å². The summed E-state index contributed by atoms with van der Waals surface area (Å²) in [4.78, 5) is 10.6. The van der Waals surface area contributed by atoms with Crippen LogP contribution in [0.3, 0.4) is 0 Å². The predicted octanol–water partition coefficient (Wildman–Crippen LogP) is 3.02. The number of hydrogen-bond acceptors (Lipinski definition) is 2. The summed E-state index contributed by atoms with van der Waals surface area (Å²) in [5, 5.41) is 0.159. The lowest BCUT2D eigenvalue weighted by Gasteiger charge is -1.92. The molecule has 0 spiro atoms. The maximum absolute atomic E-state index is 10.6. The van der Waals surface area contributed by atoms with Gasteiger partial charge in [-0.25, -0.2) is 0 Å². The molecule has 1 aromatic rings. The number of carbonyl (C=O) groups excluding carboxylic acids is 1. The molecule has 0 unspecified atom stereocenters. The Hall–Kier alpha value is -1.20. The first-order valence-electron chi connectivity index (χ1n) is 4.87. The van der Waals surface area contributed by atoms with Crippen molar-refractivity contribution in [2.45, 2.75) is 20.3 Å². The Morgan fingerprint density at radius 1 is 1.33 bits per heavy atom. The van der Waals surface area contributed by atoms with Gasteiger partial charge in [-0.15, -0.1) is 0 Å². The van der Waals surface area contributed by atoms with Crippen LogP contribution in [-0.4, -0.2) is 10.9 Å². The number of benzene rings is 1. The van der Waals surface area contributed by atoms with Gasteiger partial charge < -0.3 is 0 Å². The highest BCUT2D eigenvalue weighted by Gasteiger charge is 1.90. The van der Waals surface area contributed by atoms with Crippen molar-refractivity contribution in [1.82, 2.24) is 0 Å². The smallest absolute Gasteiger partial charge is 0.185 e. The zero-order valence-electron chi connectivity index (χ0n) is 9.04. The minimum atomic E-state index is 0.159. The molecule has 78 valence electrons. The van der Waals surface area contributed by atoms with E-state index in [9.17, 15) is 4.79 Å². The molecule has 0 aliphatic heterocycles. The topological polar surface area (TPSA) is 17.1 Å². The average molecular weight is 218 g/mol. The summed E-state index contributed by atoms with van der Waals surface area (Å²) in [6.07, 6.45) is 0.762. The molecule has 0 saturated carbocycles. The second-order valence-electron chi connectivity index (χ2n) is 3.26. The van der Waals surface area contributed by atoms with E-state index >= 15 is 0 Å². The van der Waals surface area contributed by atoms with Gasteiger partial charge in [-0.3, -0.25) is 4.79 Å². The van der Waals surface area contributed by atoms with Crippen molar-refractivity contribution in [1.29, 1.82) is 0 Å². The van der Waals surface area contributed by atoms with E-state index in [1.54, 1.807) is 6.92 Å². The van der Waals surface area contributed by atoms with Crippen molar-refractivity contribution < 1.29 is 4.79 Å². The molecule has 1 aromatic carbocycles. The molecular formula is C13H14OS. The summed E-state index contributed by atoms with van der Waals surface area (Å²) < 4.78 is 0. The van der Waals surface area contributed by atoms with Gasteiger partial charge in [0.2, 0.25) is 0 Å². The van der Waals surface area contributed by atoms with Gasteiger partial charge in [0, 0.05) is 24.7 Å². The highest BCUT2D eigenvalue weighted by Crippen LogP contribution is 2.03. The van der Waals surface area contributed by atoms with Crippen LogP contribution in [-0.2, 0) is 4.79 Å². The second kappa shape index (κ2) is 6.31. The zero-order valence-corrected chi connectivity index (χ0v) is 9.86. The van der Waals surface area contributed by atoms with Crippen LogP contribution in [0, 0.1) is 18.8 Å². The Balaban J connectivity index is 2.38. The van der Waals surface area contributed by atoms with Crippen molar-refractivity contribution in [2.24, 2.45) is 0 Å². The van der Waals surface area contributed by atoms with Crippen molar-refractivity contribution in [3.63, 3.8) is 0 Å². The van der Waals surface area contributed by atoms with Crippen molar-refractivity contribution in [2.75, 3.05) is 5.75 Å². The van der Waals surface area contributed by atoms with Crippen LogP contribution in [0.1, 0.15) is 24.5 Å². The largest absolute Gasteiger partial charge is 0.288 e. The van der Waals surface area contributed by atoms with Crippen LogP contribution in [0.15, 0.2) is 24.3 Å². The summed E-state index contributed by atoms with van der Waals surface area (Å²) in [5.74, 6) is 6.91. The maximum Gasteiger partial charge on any atom is 0.185 e. The molecule has 0 heterocycles. The van der Waals surface area contributed by atoms with Gasteiger partial charge in [0.25, 0.3) is 0 Å². The van der Waals surface area contributed by atoms with Gasteiger partial charge in [-0.05, 0) is 19.1 Å². The van der Waals surface area contributed by atoms with Gasteiger partial charge in [0.15, 0.2) is 5.12 Å². The number of thioether (sulfide) groups is 1. The third-order valence-corrected chi connectivity index (χ3v) is 2.63. The molecule has 0 amide bonds. The molecular weight excluding hydrogens is 204 g/mol. The first-order chi connectivity index (χ1) is 7.18. The van der Waals surface area contributed by atoms with Gasteiger partial charge in [0.1, 0.15) is 0 Å². The molecule has 2 heteroatoms. The first-order valence-corrected chi connectivity index (χ1v) is 5.86. The molecule has 0 aliphatic rings. The van der Waals surface area contributed by atoms with Crippen molar-refractivity contribution in [3.05, 3.63) is 35.4 Å². The lowest BCUT2D eigenvalue weighted by molar-refractivity contribution is -0.109. The Morgan fingerprint density at radius 3 is 2.60 bits per heavy atom. The molecule has 1 rings (SSSR count). The number of carbonyl (C=O) groups is 1. The fraction of sp³-hybridized carbons (Fsp3) is 0.308. The Labute approximate surface area is 95.3 Å². The van der Waals surface area contributed by atoms with Crippen molar-refractivity contribution >= 4 is 16.9 Å². The minimum Gasteiger partial charge on any atom is -0.288 e. The highest BCUT2D eigenvalue weighted by molar-refractivity contribution is 8.13. The monoisotopic (exact) mass is 218 g/mol. The normalized spacial score (nSPS) is 9.20. The molecule has 0 radical (unpaired) electrons. The Morgan fingerprint density at radius 2 is 2.00 bits per heavy atom. The van der Waals surface area contributed by atoms with E-state index in [2.05, 4.69) is 18.8 Å². The minimum absolute atomic E-state index is 0.159. The maximum atomic E-state index is 10.6. The van der Waals surface area contributed by atoms with Crippen LogP contribution in [0.2, 0.25) is 0 Å². The van der Waals surface area contributed by atoms with E-state index < -0.39 is 0 Å². The van der Waals surface area contributed by atoms with Crippen LogP contribution >= 0.6 is 11.8 Å². The summed E-state index contributed by atoms with van der Waals surface area (Å²) in [7, 11) is 0. The molecule has 0 fully saturated rings. The Bertz CT molecular complexity index is 381. The highest BCUT2D eigenvalue weighted by atomic mass is 32.2. The molecule has 0 N–H and O–H groups in total. The van der Waals surface area contributed by atoms with Crippen molar-refractivity contribution in [3.8, 4) is 11.8 Å². The molecule has 0 saturated heterocycles. The summed E-state index contributed by atoms with van der Waals surface area (Å²) in [6, 6.07) is 8.13. The predicted molar refractivity (Wildman–Crippen MR) is 65.8 cm³/mol. The van der Waals surface area contributed by atoms with Crippen LogP contribution in [0.4, 0.5) is 0 Å². The summed E-state index contributed by atoms with van der Waals surface area (Å²) in [6.45, 7) is 3.64. The lowest BCUT2D eigenvalue weighted by atomic mass is 10.1. The standard InChI is InChI=1S/C13H14OS/c1-11-6-8-13(9-7-11)5-3-4-10-15-12(2)14/h6-9H,4,10H2,1-2H3.